The van der Waals surface area contributed by atoms with Crippen LogP contribution in [0.1, 0.15) is 32.6 Å². The van der Waals surface area contributed by atoms with Crippen molar-refractivity contribution in [2.24, 2.45) is 5.73 Å². The fraction of sp³-hybridized carbons (Fsp3) is 0.700. The van der Waals surface area contributed by atoms with Gasteiger partial charge in [0.05, 0.1) is 6.04 Å². The number of carbonyl (C=O) groups is 1. The molecule has 74 valence electrons. The van der Waals surface area contributed by atoms with E-state index in [-0.39, 0.29) is 11.9 Å². The zero-order valence-corrected chi connectivity index (χ0v) is 8.18. The number of hydrogen-bond donors (Lipinski definition) is 2. The van der Waals surface area contributed by atoms with E-state index in [4.69, 9.17) is 12.2 Å². The average molecular weight is 182 g/mol. The van der Waals surface area contributed by atoms with Crippen LogP contribution in [-0.2, 0) is 4.79 Å². The first kappa shape index (κ1) is 12.0. The Labute approximate surface area is 80.1 Å². The smallest absolute Gasteiger partial charge is 0.236 e. The summed E-state index contributed by atoms with van der Waals surface area (Å²) in [6.07, 6.45) is 8.40. The van der Waals surface area contributed by atoms with Gasteiger partial charge in [-0.15, -0.1) is 12.3 Å². The number of carbonyl (C=O) groups excluding carboxylic acids is 1. The highest BCUT2D eigenvalue weighted by Crippen LogP contribution is 1.97. The first-order valence-corrected chi connectivity index (χ1v) is 4.69. The zero-order valence-electron chi connectivity index (χ0n) is 8.18. The Kier molecular flexibility index (Phi) is 7.04. The standard InChI is InChI=1S/C10H18N2O/c1-3-5-7-9(11)10(13)12-8-6-4-2/h2,9H,3,5-8,11H2,1H3,(H,12,13). The van der Waals surface area contributed by atoms with Crippen molar-refractivity contribution in [3.8, 4) is 12.3 Å². The van der Waals surface area contributed by atoms with Crippen molar-refractivity contribution >= 4 is 5.91 Å². The Balaban J connectivity index is 3.52. The molecule has 1 amide bonds. The molecule has 1 atom stereocenters. The molecule has 0 bridgehead atoms. The number of hydrogen-bond acceptors (Lipinski definition) is 2. The largest absolute Gasteiger partial charge is 0.354 e. The second-order valence-electron chi connectivity index (χ2n) is 2.99. The van der Waals surface area contributed by atoms with Gasteiger partial charge in [0.15, 0.2) is 0 Å². The Hall–Kier alpha value is -1.01. The van der Waals surface area contributed by atoms with Gasteiger partial charge in [0, 0.05) is 13.0 Å². The van der Waals surface area contributed by atoms with Crippen molar-refractivity contribution in [1.29, 1.82) is 0 Å². The van der Waals surface area contributed by atoms with Crippen molar-refractivity contribution in [1.82, 2.24) is 5.32 Å². The SMILES string of the molecule is C#CCCNC(=O)C(N)CCCC. The lowest BCUT2D eigenvalue weighted by Gasteiger charge is -2.10. The lowest BCUT2D eigenvalue weighted by molar-refractivity contribution is -0.122. The van der Waals surface area contributed by atoms with E-state index >= 15 is 0 Å². The Morgan fingerprint density at radius 2 is 2.38 bits per heavy atom. The summed E-state index contributed by atoms with van der Waals surface area (Å²) in [6.45, 7) is 2.60. The number of terminal acetylenes is 1. The second kappa shape index (κ2) is 7.63. The zero-order chi connectivity index (χ0) is 10.1. The van der Waals surface area contributed by atoms with Crippen LogP contribution >= 0.6 is 0 Å². The van der Waals surface area contributed by atoms with Crippen molar-refractivity contribution in [3.05, 3.63) is 0 Å². The minimum absolute atomic E-state index is 0.0938. The third kappa shape index (κ3) is 6.18. The molecule has 3 heteroatoms. The first-order valence-electron chi connectivity index (χ1n) is 4.69. The fourth-order valence-electron chi connectivity index (χ4n) is 0.944. The molecule has 0 saturated carbocycles. The summed E-state index contributed by atoms with van der Waals surface area (Å²) in [7, 11) is 0. The molecule has 0 aromatic carbocycles. The monoisotopic (exact) mass is 182 g/mol. The average Bonchev–Trinajstić information content (AvgIpc) is 2.14. The van der Waals surface area contributed by atoms with Gasteiger partial charge in [-0.1, -0.05) is 19.8 Å². The molecule has 0 aliphatic carbocycles. The summed E-state index contributed by atoms with van der Waals surface area (Å²) in [5.74, 6) is 2.36. The maximum absolute atomic E-state index is 11.2. The van der Waals surface area contributed by atoms with E-state index in [0.29, 0.717) is 13.0 Å². The lowest BCUT2D eigenvalue weighted by atomic mass is 10.1. The molecule has 0 aromatic heterocycles. The third-order valence-electron chi connectivity index (χ3n) is 1.77. The molecule has 0 rings (SSSR count). The number of unbranched alkanes of at least 4 members (excludes halogenated alkanes) is 1. The second-order valence-corrected chi connectivity index (χ2v) is 2.99. The van der Waals surface area contributed by atoms with E-state index in [2.05, 4.69) is 18.2 Å². The van der Waals surface area contributed by atoms with Crippen LogP contribution in [0.2, 0.25) is 0 Å². The van der Waals surface area contributed by atoms with E-state index in [9.17, 15) is 4.79 Å². The van der Waals surface area contributed by atoms with E-state index in [0.717, 1.165) is 19.3 Å². The summed E-state index contributed by atoms with van der Waals surface area (Å²) in [4.78, 5) is 11.2. The lowest BCUT2D eigenvalue weighted by Crippen LogP contribution is -2.40. The number of nitrogens with two attached hydrogens (primary N) is 1. The van der Waals surface area contributed by atoms with Crippen LogP contribution in [0.3, 0.4) is 0 Å². The van der Waals surface area contributed by atoms with Gasteiger partial charge < -0.3 is 11.1 Å². The molecule has 0 heterocycles. The molecular weight excluding hydrogens is 164 g/mol. The van der Waals surface area contributed by atoms with Crippen molar-refractivity contribution < 1.29 is 4.79 Å². The van der Waals surface area contributed by atoms with Gasteiger partial charge in [0.2, 0.25) is 5.91 Å². The Morgan fingerprint density at radius 1 is 1.69 bits per heavy atom. The summed E-state index contributed by atoms with van der Waals surface area (Å²) >= 11 is 0. The maximum atomic E-state index is 11.2. The van der Waals surface area contributed by atoms with Crippen LogP contribution in [0.4, 0.5) is 0 Å². The van der Waals surface area contributed by atoms with Crippen molar-refractivity contribution in [2.75, 3.05) is 6.54 Å². The van der Waals surface area contributed by atoms with Crippen molar-refractivity contribution in [3.63, 3.8) is 0 Å². The first-order chi connectivity index (χ1) is 6.22. The van der Waals surface area contributed by atoms with Gasteiger partial charge in [-0.2, -0.15) is 0 Å². The molecule has 3 N–H and O–H groups in total. The van der Waals surface area contributed by atoms with E-state index in [1.54, 1.807) is 0 Å². The molecule has 3 nitrogen and oxygen atoms in total. The summed E-state index contributed by atoms with van der Waals surface area (Å²) in [6, 6.07) is -0.377. The minimum Gasteiger partial charge on any atom is -0.354 e. The normalized spacial score (nSPS) is 11.8. The summed E-state index contributed by atoms with van der Waals surface area (Å²) in [5, 5.41) is 2.69. The number of rotatable bonds is 6. The molecule has 0 radical (unpaired) electrons. The molecule has 0 aliphatic rings. The molecule has 13 heavy (non-hydrogen) atoms. The molecular formula is C10H18N2O. The third-order valence-corrected chi connectivity index (χ3v) is 1.77. The van der Waals surface area contributed by atoms with Gasteiger partial charge in [0.1, 0.15) is 0 Å². The highest BCUT2D eigenvalue weighted by atomic mass is 16.2. The Bertz CT molecular complexity index is 184. The van der Waals surface area contributed by atoms with Gasteiger partial charge in [0.25, 0.3) is 0 Å². The van der Waals surface area contributed by atoms with Crippen LogP contribution in [0, 0.1) is 12.3 Å². The highest BCUT2D eigenvalue weighted by Gasteiger charge is 2.10. The van der Waals surface area contributed by atoms with Crippen LogP contribution in [0.5, 0.6) is 0 Å². The number of amides is 1. The predicted molar refractivity (Wildman–Crippen MR) is 54.0 cm³/mol. The molecule has 0 aliphatic heterocycles. The van der Waals surface area contributed by atoms with Gasteiger partial charge in [-0.3, -0.25) is 4.79 Å². The molecule has 0 spiro atoms. The molecule has 0 fully saturated rings. The van der Waals surface area contributed by atoms with E-state index < -0.39 is 0 Å². The topological polar surface area (TPSA) is 55.1 Å². The van der Waals surface area contributed by atoms with Crippen LogP contribution in [0.25, 0.3) is 0 Å². The fourth-order valence-corrected chi connectivity index (χ4v) is 0.944. The van der Waals surface area contributed by atoms with Gasteiger partial charge in [-0.25, -0.2) is 0 Å². The summed E-state index contributed by atoms with van der Waals surface area (Å²) in [5.41, 5.74) is 5.62. The molecule has 1 unspecified atom stereocenters. The van der Waals surface area contributed by atoms with Crippen LogP contribution in [0.15, 0.2) is 0 Å². The maximum Gasteiger partial charge on any atom is 0.236 e. The quantitative estimate of drug-likeness (QED) is 0.468. The minimum atomic E-state index is -0.377. The van der Waals surface area contributed by atoms with Gasteiger partial charge in [-0.05, 0) is 6.42 Å². The Morgan fingerprint density at radius 3 is 2.92 bits per heavy atom. The van der Waals surface area contributed by atoms with Crippen LogP contribution in [-0.4, -0.2) is 18.5 Å². The van der Waals surface area contributed by atoms with Crippen molar-refractivity contribution in [2.45, 2.75) is 38.6 Å². The van der Waals surface area contributed by atoms with E-state index in [1.165, 1.54) is 0 Å². The number of nitrogens with one attached hydrogen (secondary N) is 1. The van der Waals surface area contributed by atoms with E-state index in [1.807, 2.05) is 0 Å². The predicted octanol–water partition coefficient (Wildman–Crippen LogP) is 0.643. The molecule has 0 saturated heterocycles. The van der Waals surface area contributed by atoms with Gasteiger partial charge >= 0.3 is 0 Å². The molecule has 0 aromatic rings. The highest BCUT2D eigenvalue weighted by molar-refractivity contribution is 5.81. The summed E-state index contributed by atoms with van der Waals surface area (Å²) < 4.78 is 0. The van der Waals surface area contributed by atoms with Crippen LogP contribution < -0.4 is 11.1 Å².